The van der Waals surface area contributed by atoms with Gasteiger partial charge in [-0.05, 0) is 49.1 Å². The molecule has 1 unspecified atom stereocenters. The first-order valence-corrected chi connectivity index (χ1v) is 12.3. The summed E-state index contributed by atoms with van der Waals surface area (Å²) in [5.74, 6) is -1.02. The van der Waals surface area contributed by atoms with E-state index in [1.54, 1.807) is 55.3 Å². The molecule has 2 amide bonds. The van der Waals surface area contributed by atoms with Crippen molar-refractivity contribution in [3.63, 3.8) is 0 Å². The van der Waals surface area contributed by atoms with Crippen LogP contribution < -0.4 is 15.8 Å². The third kappa shape index (κ3) is 7.53. The standard InChI is InChI=1S/C27H34N4O6/c1-3-23(27(34)35)37-21-12-14-31(15-13-21)26(33)22(16-17-4-10-20(36-2)11-5-17)30-25(32)19-8-6-18(7-9-19)24(28)29/h4-11,21-23H,3,12-16H2,1-2H3,(H3,28,29)(H,30,32)(H,34,35)/t22?,23-/m0/s1. The molecule has 37 heavy (non-hydrogen) atoms. The summed E-state index contributed by atoms with van der Waals surface area (Å²) in [6, 6.07) is 12.8. The van der Waals surface area contributed by atoms with Crippen molar-refractivity contribution in [3.05, 3.63) is 65.2 Å². The highest BCUT2D eigenvalue weighted by Gasteiger charge is 2.31. The Morgan fingerprint density at radius 1 is 1.08 bits per heavy atom. The number of carbonyl (C=O) groups is 3. The number of aliphatic carboxylic acids is 1. The van der Waals surface area contributed by atoms with Crippen molar-refractivity contribution in [2.75, 3.05) is 20.2 Å². The molecule has 10 heteroatoms. The molecule has 0 bridgehead atoms. The number of benzene rings is 2. The van der Waals surface area contributed by atoms with Gasteiger partial charge in [0.25, 0.3) is 5.91 Å². The van der Waals surface area contributed by atoms with Gasteiger partial charge in [-0.1, -0.05) is 31.2 Å². The Balaban J connectivity index is 1.71. The van der Waals surface area contributed by atoms with Gasteiger partial charge in [0.2, 0.25) is 5.91 Å². The maximum atomic E-state index is 13.5. The fourth-order valence-corrected chi connectivity index (χ4v) is 4.23. The van der Waals surface area contributed by atoms with Crippen LogP contribution in [0, 0.1) is 5.41 Å². The molecule has 0 saturated carbocycles. The van der Waals surface area contributed by atoms with Crippen LogP contribution in [0.15, 0.2) is 48.5 Å². The van der Waals surface area contributed by atoms with Crippen LogP contribution in [0.25, 0.3) is 0 Å². The van der Waals surface area contributed by atoms with Crippen molar-refractivity contribution in [3.8, 4) is 5.75 Å². The molecule has 1 aliphatic rings. The lowest BCUT2D eigenvalue weighted by Gasteiger charge is -2.35. The number of hydrogen-bond acceptors (Lipinski definition) is 6. The van der Waals surface area contributed by atoms with E-state index in [-0.39, 0.29) is 24.3 Å². The zero-order valence-electron chi connectivity index (χ0n) is 21.1. The molecule has 3 rings (SSSR count). The predicted molar refractivity (Wildman–Crippen MR) is 138 cm³/mol. The SMILES string of the molecule is CC[C@H](OC1CCN(C(=O)C(Cc2ccc(OC)cc2)NC(=O)c2ccc(C(=N)N)cc2)CC1)C(=O)O. The van der Waals surface area contributed by atoms with Crippen LogP contribution in [-0.2, 0) is 20.7 Å². The summed E-state index contributed by atoms with van der Waals surface area (Å²) in [5, 5.41) is 19.6. The highest BCUT2D eigenvalue weighted by atomic mass is 16.5. The lowest BCUT2D eigenvalue weighted by atomic mass is 10.0. The number of nitrogens with one attached hydrogen (secondary N) is 2. The number of ether oxygens (including phenoxy) is 2. The Kier molecular flexibility index (Phi) is 9.62. The summed E-state index contributed by atoms with van der Waals surface area (Å²) in [6.45, 7) is 2.57. The molecule has 2 atom stereocenters. The number of nitrogens with two attached hydrogens (primary N) is 1. The minimum atomic E-state index is -0.986. The third-order valence-corrected chi connectivity index (χ3v) is 6.42. The third-order valence-electron chi connectivity index (χ3n) is 6.42. The lowest BCUT2D eigenvalue weighted by molar-refractivity contribution is -0.157. The van der Waals surface area contributed by atoms with E-state index in [0.717, 1.165) is 5.56 Å². The van der Waals surface area contributed by atoms with E-state index in [2.05, 4.69) is 5.32 Å². The Morgan fingerprint density at radius 2 is 1.68 bits per heavy atom. The predicted octanol–water partition coefficient (Wildman–Crippen LogP) is 2.19. The minimum absolute atomic E-state index is 0.0967. The monoisotopic (exact) mass is 510 g/mol. The van der Waals surface area contributed by atoms with Crippen LogP contribution in [0.1, 0.15) is 47.7 Å². The second kappa shape index (κ2) is 12.9. The first-order valence-electron chi connectivity index (χ1n) is 12.3. The quantitative estimate of drug-likeness (QED) is 0.267. The number of likely N-dealkylation sites (tertiary alicyclic amines) is 1. The molecule has 5 N–H and O–H groups in total. The Labute approximate surface area is 216 Å². The van der Waals surface area contributed by atoms with Crippen LogP contribution >= 0.6 is 0 Å². The summed E-state index contributed by atoms with van der Waals surface area (Å²) in [5.41, 5.74) is 7.20. The lowest BCUT2D eigenvalue weighted by Crippen LogP contribution is -2.52. The number of carboxylic acids is 1. The molecule has 2 aromatic carbocycles. The number of amides is 2. The van der Waals surface area contributed by atoms with E-state index in [1.807, 2.05) is 12.1 Å². The van der Waals surface area contributed by atoms with Gasteiger partial charge in [-0.3, -0.25) is 15.0 Å². The van der Waals surface area contributed by atoms with Crippen LogP contribution in [0.4, 0.5) is 0 Å². The van der Waals surface area contributed by atoms with Gasteiger partial charge in [0.15, 0.2) is 6.10 Å². The van der Waals surface area contributed by atoms with Crippen LogP contribution in [-0.4, -0.2) is 72.1 Å². The normalized spacial score (nSPS) is 15.5. The number of nitrogen functional groups attached to an aromatic ring is 1. The maximum Gasteiger partial charge on any atom is 0.332 e. The van der Waals surface area contributed by atoms with Crippen LogP contribution in [0.2, 0.25) is 0 Å². The number of carboxylic acid groups (broad SMARTS) is 1. The Morgan fingerprint density at radius 3 is 2.19 bits per heavy atom. The first kappa shape index (κ1) is 27.7. The number of rotatable bonds is 11. The largest absolute Gasteiger partial charge is 0.497 e. The highest BCUT2D eigenvalue weighted by Crippen LogP contribution is 2.19. The van der Waals surface area contributed by atoms with Gasteiger partial charge >= 0.3 is 5.97 Å². The molecular formula is C27H34N4O6. The molecular weight excluding hydrogens is 476 g/mol. The number of carbonyl (C=O) groups excluding carboxylic acids is 2. The van der Waals surface area contributed by atoms with Gasteiger partial charge in [-0.15, -0.1) is 0 Å². The van der Waals surface area contributed by atoms with E-state index >= 15 is 0 Å². The average molecular weight is 511 g/mol. The number of piperidine rings is 1. The van der Waals surface area contributed by atoms with Gasteiger partial charge < -0.3 is 30.5 Å². The molecule has 1 heterocycles. The number of hydrogen-bond donors (Lipinski definition) is 4. The smallest absolute Gasteiger partial charge is 0.332 e. The maximum absolute atomic E-state index is 13.5. The van der Waals surface area contributed by atoms with Gasteiger partial charge in [0.05, 0.1) is 13.2 Å². The van der Waals surface area contributed by atoms with Gasteiger partial charge in [0, 0.05) is 30.6 Å². The van der Waals surface area contributed by atoms with Gasteiger partial charge in [-0.25, -0.2) is 4.79 Å². The second-order valence-corrected chi connectivity index (χ2v) is 8.97. The van der Waals surface area contributed by atoms with Crippen molar-refractivity contribution in [2.45, 2.75) is 50.9 Å². The molecule has 1 aliphatic heterocycles. The minimum Gasteiger partial charge on any atom is -0.497 e. The summed E-state index contributed by atoms with van der Waals surface area (Å²) < 4.78 is 10.9. The molecule has 0 radical (unpaired) electrons. The zero-order valence-corrected chi connectivity index (χ0v) is 21.1. The number of nitrogens with zero attached hydrogens (tertiary/aromatic N) is 1. The van der Waals surface area contributed by atoms with E-state index in [0.29, 0.717) is 49.2 Å². The Bertz CT molecular complexity index is 1090. The van der Waals surface area contributed by atoms with E-state index in [9.17, 15) is 19.5 Å². The second-order valence-electron chi connectivity index (χ2n) is 8.97. The van der Waals surface area contributed by atoms with Crippen molar-refractivity contribution in [2.24, 2.45) is 5.73 Å². The molecule has 1 fully saturated rings. The number of methoxy groups -OCH3 is 1. The molecule has 0 aliphatic carbocycles. The average Bonchev–Trinajstić information content (AvgIpc) is 2.91. The van der Waals surface area contributed by atoms with Crippen LogP contribution in [0.5, 0.6) is 5.75 Å². The van der Waals surface area contributed by atoms with Gasteiger partial charge in [-0.2, -0.15) is 0 Å². The van der Waals surface area contributed by atoms with E-state index in [4.69, 9.17) is 20.6 Å². The Hall–Kier alpha value is -3.92. The molecule has 2 aromatic rings. The summed E-state index contributed by atoms with van der Waals surface area (Å²) in [7, 11) is 1.57. The van der Waals surface area contributed by atoms with Crippen molar-refractivity contribution >= 4 is 23.6 Å². The van der Waals surface area contributed by atoms with Crippen LogP contribution in [0.3, 0.4) is 0 Å². The van der Waals surface area contributed by atoms with Crippen molar-refractivity contribution < 1.29 is 29.0 Å². The molecule has 0 aromatic heterocycles. The van der Waals surface area contributed by atoms with Crippen molar-refractivity contribution in [1.82, 2.24) is 10.2 Å². The van der Waals surface area contributed by atoms with Gasteiger partial charge in [0.1, 0.15) is 17.6 Å². The fourth-order valence-electron chi connectivity index (χ4n) is 4.23. The summed E-state index contributed by atoms with van der Waals surface area (Å²) in [4.78, 5) is 39.5. The number of amidine groups is 1. The van der Waals surface area contributed by atoms with E-state index < -0.39 is 24.0 Å². The topological polar surface area (TPSA) is 155 Å². The molecule has 10 nitrogen and oxygen atoms in total. The highest BCUT2D eigenvalue weighted by molar-refractivity contribution is 5.99. The molecule has 0 spiro atoms. The fraction of sp³-hybridized carbons (Fsp3) is 0.407. The first-order chi connectivity index (χ1) is 17.7. The van der Waals surface area contributed by atoms with Crippen molar-refractivity contribution in [1.29, 1.82) is 5.41 Å². The molecule has 198 valence electrons. The molecule has 1 saturated heterocycles. The summed E-state index contributed by atoms with van der Waals surface area (Å²) >= 11 is 0. The zero-order chi connectivity index (χ0) is 26.9. The van der Waals surface area contributed by atoms with E-state index in [1.165, 1.54) is 0 Å². The summed E-state index contributed by atoms with van der Waals surface area (Å²) in [6.07, 6.45) is 0.602.